The average Bonchev–Trinajstić information content (AvgIpc) is 3.92. The van der Waals surface area contributed by atoms with Crippen LogP contribution < -0.4 is 21.4 Å². The van der Waals surface area contributed by atoms with E-state index < -0.39 is 0 Å². The number of hydrogen-bond acceptors (Lipinski definition) is 14. The SMILES string of the molecule is CN(C)CCCN.CN(C)CCCN.[Co+2].c1ccc2c(c1)-c1nc3nc(nc4[n-]c(nc5[n-]c(nc-2n1)c1c5SCCS1)c1c4SCCS1)-c1ccccc1-3. The van der Waals surface area contributed by atoms with Crippen molar-refractivity contribution >= 4 is 69.6 Å². The van der Waals surface area contributed by atoms with Crippen molar-refractivity contribution in [2.75, 3.05) is 77.4 Å². The molecule has 0 unspecified atom stereocenters. The first-order valence-electron chi connectivity index (χ1n) is 17.9. The molecule has 0 aliphatic carbocycles. The molecule has 0 saturated carbocycles. The maximum Gasteiger partial charge on any atom is 2.00 e. The van der Waals surface area contributed by atoms with Crippen molar-refractivity contribution in [1.82, 2.24) is 49.7 Å². The molecule has 1 radical (unpaired) electrons. The van der Waals surface area contributed by atoms with E-state index in [0.29, 0.717) is 45.9 Å². The number of fused-ring (bicyclic) bond motifs is 20. The van der Waals surface area contributed by atoms with Crippen LogP contribution in [0.1, 0.15) is 12.8 Å². The van der Waals surface area contributed by atoms with Gasteiger partial charge in [0.25, 0.3) is 0 Å². The number of nitrogens with zero attached hydrogens (tertiary/aromatic N) is 10. The van der Waals surface area contributed by atoms with E-state index >= 15 is 0 Å². The summed E-state index contributed by atoms with van der Waals surface area (Å²) in [6, 6.07) is 16.1. The predicted molar refractivity (Wildman–Crippen MR) is 226 cm³/mol. The monoisotopic (exact) mass is 855 g/mol. The van der Waals surface area contributed by atoms with Gasteiger partial charge in [-0.05, 0) is 67.2 Å². The van der Waals surface area contributed by atoms with Crippen LogP contribution in [0.2, 0.25) is 0 Å². The first kappa shape index (κ1) is 41.7. The Hall–Kier alpha value is -2.97. The smallest absolute Gasteiger partial charge is 0.356 e. The van der Waals surface area contributed by atoms with Gasteiger partial charge in [0.15, 0.2) is 11.6 Å². The second-order valence-corrected chi connectivity index (χ2v) is 17.6. The molecule has 4 aliphatic heterocycles. The molecule has 2 aromatic carbocycles. The summed E-state index contributed by atoms with van der Waals surface area (Å²) in [5, 5.41) is 0. The zero-order chi connectivity index (χ0) is 37.6. The van der Waals surface area contributed by atoms with Crippen LogP contribution in [0.4, 0.5) is 0 Å². The van der Waals surface area contributed by atoms with Crippen LogP contribution in [0.5, 0.6) is 0 Å². The second-order valence-electron chi connectivity index (χ2n) is 13.2. The van der Waals surface area contributed by atoms with Crippen molar-refractivity contribution in [2.24, 2.45) is 11.5 Å². The van der Waals surface area contributed by atoms with Crippen molar-refractivity contribution < 1.29 is 16.8 Å². The van der Waals surface area contributed by atoms with E-state index in [-0.39, 0.29) is 16.8 Å². The summed E-state index contributed by atoms with van der Waals surface area (Å²) in [6.07, 6.45) is 2.21. The van der Waals surface area contributed by atoms with Crippen molar-refractivity contribution in [3.05, 3.63) is 48.5 Å². The van der Waals surface area contributed by atoms with Crippen molar-refractivity contribution in [2.45, 2.75) is 32.4 Å². The Morgan fingerprint density at radius 3 is 1.05 bits per heavy atom. The first-order chi connectivity index (χ1) is 26.3. The van der Waals surface area contributed by atoms with Crippen molar-refractivity contribution in [1.29, 1.82) is 0 Å². The van der Waals surface area contributed by atoms with E-state index in [9.17, 15) is 0 Å². The topological polar surface area (TPSA) is 164 Å². The molecule has 289 valence electrons. The fraction of sp³-hybridized carbons (Fsp3) is 0.368. The quantitative estimate of drug-likeness (QED) is 0.200. The molecule has 0 saturated heterocycles. The van der Waals surface area contributed by atoms with Gasteiger partial charge in [0, 0.05) is 87.4 Å². The molecule has 12 nitrogen and oxygen atoms in total. The largest absolute Gasteiger partial charge is 2.00 e. The Kier molecular flexibility index (Phi) is 14.7. The third-order valence-corrected chi connectivity index (χ3v) is 13.6. The first-order valence-corrected chi connectivity index (χ1v) is 21.9. The van der Waals surface area contributed by atoms with Crippen molar-refractivity contribution in [3.63, 3.8) is 0 Å². The van der Waals surface area contributed by atoms with Crippen LogP contribution in [0, 0.1) is 0 Å². The van der Waals surface area contributed by atoms with E-state index in [1.54, 1.807) is 47.0 Å². The molecule has 0 atom stereocenters. The summed E-state index contributed by atoms with van der Waals surface area (Å²) < 4.78 is 0. The zero-order valence-corrected chi connectivity index (χ0v) is 35.6. The molecular weight excluding hydrogens is 812 g/mol. The van der Waals surface area contributed by atoms with E-state index in [2.05, 4.69) is 38.0 Å². The predicted octanol–water partition coefficient (Wildman–Crippen LogP) is 6.01. The molecule has 4 aliphatic rings. The van der Waals surface area contributed by atoms with Gasteiger partial charge in [0.2, 0.25) is 0 Å². The second kappa shape index (κ2) is 19.5. The number of nitrogens with two attached hydrogens (primary N) is 2. The normalized spacial score (nSPS) is 13.7. The minimum absolute atomic E-state index is 0. The molecule has 7 heterocycles. The summed E-state index contributed by atoms with van der Waals surface area (Å²) in [5.41, 5.74) is 16.8. The van der Waals surface area contributed by atoms with Crippen LogP contribution in [-0.2, 0) is 16.8 Å². The Morgan fingerprint density at radius 2 is 0.782 bits per heavy atom. The van der Waals surface area contributed by atoms with Crippen LogP contribution >= 0.6 is 47.0 Å². The van der Waals surface area contributed by atoms with Gasteiger partial charge in [-0.15, -0.1) is 47.0 Å². The minimum atomic E-state index is 0. The summed E-state index contributed by atoms with van der Waals surface area (Å²) in [6.45, 7) is 3.82. The zero-order valence-electron chi connectivity index (χ0n) is 31.3. The number of hydrogen-bond donors (Lipinski definition) is 2. The number of rotatable bonds is 6. The molecule has 4 N–H and O–H groups in total. The van der Waals surface area contributed by atoms with Crippen LogP contribution in [-0.4, -0.2) is 117 Å². The molecule has 8 bridgehead atoms. The summed E-state index contributed by atoms with van der Waals surface area (Å²) in [4.78, 5) is 48.3. The van der Waals surface area contributed by atoms with Gasteiger partial charge in [-0.2, -0.15) is 0 Å². The summed E-state index contributed by atoms with van der Waals surface area (Å²) in [7, 11) is 8.20. The van der Waals surface area contributed by atoms with Gasteiger partial charge < -0.3 is 46.2 Å². The van der Waals surface area contributed by atoms with Gasteiger partial charge >= 0.3 is 16.8 Å². The van der Waals surface area contributed by atoms with E-state index in [1.807, 2.05) is 48.5 Å². The van der Waals surface area contributed by atoms with Crippen LogP contribution in [0.15, 0.2) is 68.1 Å². The number of aromatic nitrogens is 8. The fourth-order valence-corrected chi connectivity index (χ4v) is 10.6. The third kappa shape index (κ3) is 9.60. The molecule has 0 amide bonds. The Labute approximate surface area is 349 Å². The minimum Gasteiger partial charge on any atom is -0.356 e. The number of benzene rings is 2. The van der Waals surface area contributed by atoms with Gasteiger partial charge in [-0.1, -0.05) is 48.5 Å². The van der Waals surface area contributed by atoms with Gasteiger partial charge in [0.1, 0.15) is 0 Å². The van der Waals surface area contributed by atoms with Crippen molar-refractivity contribution in [3.8, 4) is 45.6 Å². The molecule has 5 aromatic rings. The summed E-state index contributed by atoms with van der Waals surface area (Å²) >= 11 is 7.13. The Morgan fingerprint density at radius 1 is 0.491 bits per heavy atom. The standard InChI is InChI=1S/C28H16N8S4.2C5H14N2.Co/c1-3-7-15-13(5-1)21-29-22-14-6-2-4-8-16(14)24(31-22)33-26-18-20(40-12-10-38-18)28(35-26)36-27-19-17(37-9-11-39-19)25(34-27)32-23(15)30-21;2*1-7(2)5-3-4-6;/h1-8H,9-12H2;2*3-6H2,1-2H3;/q-2;;;+2. The Bertz CT molecular complexity index is 2120. The van der Waals surface area contributed by atoms with Gasteiger partial charge in [-0.25, -0.2) is 15.0 Å². The van der Waals surface area contributed by atoms with E-state index in [4.69, 9.17) is 51.3 Å². The van der Waals surface area contributed by atoms with E-state index in [1.165, 1.54) is 0 Å². The molecular formula is C38H44CoN12S4. The van der Waals surface area contributed by atoms with Crippen LogP contribution in [0.3, 0.4) is 0 Å². The molecule has 9 rings (SSSR count). The third-order valence-electron chi connectivity index (χ3n) is 8.51. The number of thioether (sulfide) groups is 4. The molecule has 0 fully saturated rings. The Balaban J connectivity index is 0.000000296. The summed E-state index contributed by atoms with van der Waals surface area (Å²) in [5.74, 6) is 6.37. The molecule has 17 heteroatoms. The molecule has 55 heavy (non-hydrogen) atoms. The van der Waals surface area contributed by atoms with E-state index in [0.717, 1.165) is 104 Å². The molecule has 0 spiro atoms. The van der Waals surface area contributed by atoms with Gasteiger partial charge in [0.05, 0.1) is 11.6 Å². The average molecular weight is 856 g/mol. The van der Waals surface area contributed by atoms with Crippen LogP contribution in [0.25, 0.3) is 68.1 Å². The van der Waals surface area contributed by atoms with Gasteiger partial charge in [-0.3, -0.25) is 0 Å². The maximum absolute atomic E-state index is 5.25. The fourth-order valence-electron chi connectivity index (χ4n) is 5.95. The molecule has 3 aromatic heterocycles. The maximum atomic E-state index is 5.25.